The molecule has 0 atom stereocenters. The van der Waals surface area contributed by atoms with E-state index in [1.165, 1.54) is 12.1 Å². The van der Waals surface area contributed by atoms with Gasteiger partial charge in [-0.2, -0.15) is 0 Å². The Balaban J connectivity index is 2.97. The molecule has 0 heterocycles. The number of nitrogens with zero attached hydrogens (tertiary/aromatic N) is 2. The normalized spacial score (nSPS) is 10.7. The summed E-state index contributed by atoms with van der Waals surface area (Å²) in [6, 6.07) is 4.64. The molecule has 112 valence electrons. The zero-order chi connectivity index (χ0) is 15.3. The van der Waals surface area contributed by atoms with Crippen molar-refractivity contribution in [3.63, 3.8) is 0 Å². The number of carbonyl (C=O) groups is 1. The van der Waals surface area contributed by atoms with Crippen molar-refractivity contribution in [3.05, 3.63) is 23.8 Å². The van der Waals surface area contributed by atoms with Gasteiger partial charge in [0.25, 0.3) is 12.3 Å². The first-order valence-electron chi connectivity index (χ1n) is 6.12. The molecule has 0 radical (unpaired) electrons. The van der Waals surface area contributed by atoms with Crippen molar-refractivity contribution in [1.82, 2.24) is 4.90 Å². The molecule has 0 bridgehead atoms. The molecule has 0 spiro atoms. The summed E-state index contributed by atoms with van der Waals surface area (Å²) in [4.78, 5) is 14.8. The van der Waals surface area contributed by atoms with Gasteiger partial charge >= 0.3 is 0 Å². The molecule has 3 N–H and O–H groups in total. The van der Waals surface area contributed by atoms with Gasteiger partial charge in [0.1, 0.15) is 0 Å². The Bertz CT molecular complexity index is 467. The van der Waals surface area contributed by atoms with Crippen LogP contribution in [-0.2, 0) is 0 Å². The van der Waals surface area contributed by atoms with Crippen LogP contribution in [0.1, 0.15) is 10.4 Å². The summed E-state index contributed by atoms with van der Waals surface area (Å²) in [5.74, 6) is -0.573. The fourth-order valence-corrected chi connectivity index (χ4v) is 1.84. The molecule has 0 saturated heterocycles. The highest BCUT2D eigenvalue weighted by atomic mass is 19.3. The lowest BCUT2D eigenvalue weighted by Crippen LogP contribution is -2.37. The molecule has 1 amide bonds. The van der Waals surface area contributed by atoms with Gasteiger partial charge in [-0.1, -0.05) is 0 Å². The highest BCUT2D eigenvalue weighted by Gasteiger charge is 2.20. The minimum atomic E-state index is -2.65. The lowest BCUT2D eigenvalue weighted by Gasteiger charge is -2.22. The lowest BCUT2D eigenvalue weighted by atomic mass is 10.1. The van der Waals surface area contributed by atoms with Crippen molar-refractivity contribution in [1.29, 1.82) is 0 Å². The van der Waals surface area contributed by atoms with E-state index >= 15 is 0 Å². The maximum absolute atomic E-state index is 12.4. The smallest absolute Gasteiger partial charge is 0.255 e. The maximum Gasteiger partial charge on any atom is 0.255 e. The molecule has 0 saturated carbocycles. The van der Waals surface area contributed by atoms with Gasteiger partial charge in [-0.15, -0.1) is 0 Å². The van der Waals surface area contributed by atoms with Gasteiger partial charge in [-0.3, -0.25) is 4.79 Å². The Hall–Kier alpha value is -1.89. The number of amides is 1. The van der Waals surface area contributed by atoms with E-state index in [0.717, 1.165) is 10.6 Å². The van der Waals surface area contributed by atoms with Crippen molar-refractivity contribution in [3.8, 4) is 0 Å². The Kier molecular flexibility index (Phi) is 5.69. The highest BCUT2D eigenvalue weighted by molar-refractivity contribution is 5.96. The number of halogens is 2. The van der Waals surface area contributed by atoms with Crippen molar-refractivity contribution in [2.24, 2.45) is 0 Å². The van der Waals surface area contributed by atoms with Gasteiger partial charge < -0.3 is 20.6 Å². The monoisotopic (exact) mass is 287 g/mol. The van der Waals surface area contributed by atoms with E-state index in [2.05, 4.69) is 0 Å². The number of carbonyl (C=O) groups excluding carboxylic acids is 1. The summed E-state index contributed by atoms with van der Waals surface area (Å²) >= 11 is 0. The van der Waals surface area contributed by atoms with E-state index in [0.29, 0.717) is 5.69 Å². The molecule has 0 aliphatic heterocycles. The maximum atomic E-state index is 12.4. The molecule has 5 nitrogen and oxygen atoms in total. The summed E-state index contributed by atoms with van der Waals surface area (Å²) < 4.78 is 24.9. The number of aliphatic hydroxyl groups excluding tert-OH is 1. The third-order valence-electron chi connectivity index (χ3n) is 2.77. The molecule has 1 rings (SSSR count). The van der Waals surface area contributed by atoms with Gasteiger partial charge in [-0.05, 0) is 18.2 Å². The van der Waals surface area contributed by atoms with Crippen LogP contribution in [0.3, 0.4) is 0 Å². The van der Waals surface area contributed by atoms with E-state index in [1.807, 2.05) is 14.1 Å². The fraction of sp³-hybridized carbons (Fsp3) is 0.462. The van der Waals surface area contributed by atoms with Crippen LogP contribution in [0.2, 0.25) is 0 Å². The van der Waals surface area contributed by atoms with Crippen LogP contribution in [0.15, 0.2) is 18.2 Å². The second-order valence-electron chi connectivity index (χ2n) is 4.53. The lowest BCUT2D eigenvalue weighted by molar-refractivity contribution is 0.0509. The average molecular weight is 287 g/mol. The van der Waals surface area contributed by atoms with Crippen LogP contribution in [-0.4, -0.2) is 56.1 Å². The quantitative estimate of drug-likeness (QED) is 0.767. The van der Waals surface area contributed by atoms with Crippen molar-refractivity contribution in [2.75, 3.05) is 44.4 Å². The second-order valence-corrected chi connectivity index (χ2v) is 4.53. The number of rotatable bonds is 6. The summed E-state index contributed by atoms with van der Waals surface area (Å²) in [5.41, 5.74) is 7.18. The van der Waals surface area contributed by atoms with Crippen LogP contribution in [0.4, 0.5) is 20.2 Å². The van der Waals surface area contributed by atoms with E-state index in [4.69, 9.17) is 10.8 Å². The zero-order valence-electron chi connectivity index (χ0n) is 11.5. The van der Waals surface area contributed by atoms with E-state index in [-0.39, 0.29) is 18.7 Å². The molecular formula is C13H19F2N3O2. The van der Waals surface area contributed by atoms with Gasteiger partial charge in [-0.25, -0.2) is 8.78 Å². The van der Waals surface area contributed by atoms with E-state index in [1.54, 1.807) is 11.0 Å². The number of hydrogen-bond donors (Lipinski definition) is 2. The third-order valence-corrected chi connectivity index (χ3v) is 2.77. The minimum absolute atomic E-state index is 0.140. The van der Waals surface area contributed by atoms with Crippen LogP contribution in [0.5, 0.6) is 0 Å². The molecule has 0 unspecified atom stereocenters. The predicted octanol–water partition coefficient (Wildman–Crippen LogP) is 1.03. The molecule has 7 heteroatoms. The molecule has 0 fully saturated rings. The number of aliphatic hydroxyl groups is 1. The first-order chi connectivity index (χ1) is 9.36. The SMILES string of the molecule is CN(C)c1ccc(C(=O)N(CCO)CC(F)F)cc1N. The standard InChI is InChI=1S/C13H19F2N3O2/c1-17(2)11-4-3-9(7-10(11)16)13(20)18(5-6-19)8-12(14)15/h3-4,7,12,19H,5-6,8,16H2,1-2H3. The van der Waals surface area contributed by atoms with Crippen molar-refractivity contribution in [2.45, 2.75) is 6.43 Å². The van der Waals surface area contributed by atoms with Gasteiger partial charge in [0.2, 0.25) is 0 Å². The Morgan fingerprint density at radius 1 is 1.40 bits per heavy atom. The van der Waals surface area contributed by atoms with Crippen LogP contribution < -0.4 is 10.6 Å². The molecule has 0 aliphatic carbocycles. The average Bonchev–Trinajstić information content (AvgIpc) is 2.36. The molecule has 20 heavy (non-hydrogen) atoms. The van der Waals surface area contributed by atoms with E-state index in [9.17, 15) is 13.6 Å². The topological polar surface area (TPSA) is 69.8 Å². The molecule has 0 aromatic heterocycles. The first-order valence-corrected chi connectivity index (χ1v) is 6.12. The number of anilines is 2. The zero-order valence-corrected chi connectivity index (χ0v) is 11.5. The summed E-state index contributed by atoms with van der Waals surface area (Å²) in [6.45, 7) is -1.23. The predicted molar refractivity (Wildman–Crippen MR) is 74.2 cm³/mol. The van der Waals surface area contributed by atoms with E-state index < -0.39 is 18.9 Å². The largest absolute Gasteiger partial charge is 0.397 e. The number of alkyl halides is 2. The minimum Gasteiger partial charge on any atom is -0.397 e. The van der Waals surface area contributed by atoms with Gasteiger partial charge in [0.15, 0.2) is 0 Å². The Morgan fingerprint density at radius 2 is 2.05 bits per heavy atom. The van der Waals surface area contributed by atoms with Crippen LogP contribution in [0, 0.1) is 0 Å². The fourth-order valence-electron chi connectivity index (χ4n) is 1.84. The van der Waals surface area contributed by atoms with Crippen LogP contribution in [0.25, 0.3) is 0 Å². The molecule has 1 aromatic carbocycles. The van der Waals surface area contributed by atoms with Crippen molar-refractivity contribution >= 4 is 17.3 Å². The summed E-state index contributed by atoms with van der Waals surface area (Å²) in [7, 11) is 3.62. The number of nitrogen functional groups attached to an aromatic ring is 1. The number of nitrogens with two attached hydrogens (primary N) is 1. The molecular weight excluding hydrogens is 268 g/mol. The van der Waals surface area contributed by atoms with Gasteiger partial charge in [0, 0.05) is 26.2 Å². The first kappa shape index (κ1) is 16.2. The molecule has 0 aliphatic rings. The Morgan fingerprint density at radius 3 is 2.50 bits per heavy atom. The Labute approximate surface area is 116 Å². The van der Waals surface area contributed by atoms with Crippen LogP contribution >= 0.6 is 0 Å². The molecule has 1 aromatic rings. The second kappa shape index (κ2) is 7.04. The summed E-state index contributed by atoms with van der Waals surface area (Å²) in [5, 5.41) is 8.85. The summed E-state index contributed by atoms with van der Waals surface area (Å²) in [6.07, 6.45) is -2.65. The number of benzene rings is 1. The van der Waals surface area contributed by atoms with Gasteiger partial charge in [0.05, 0.1) is 24.5 Å². The number of hydrogen-bond acceptors (Lipinski definition) is 4. The van der Waals surface area contributed by atoms with Crippen molar-refractivity contribution < 1.29 is 18.7 Å². The highest BCUT2D eigenvalue weighted by Crippen LogP contribution is 2.23. The third kappa shape index (κ3) is 4.06.